The molecular weight excluding hydrogens is 158 g/mol. The van der Waals surface area contributed by atoms with Crippen LogP contribution in [0.3, 0.4) is 0 Å². The molecule has 10 heavy (non-hydrogen) atoms. The summed E-state index contributed by atoms with van der Waals surface area (Å²) in [5.74, 6) is -0.995. The molecule has 1 atom stereocenters. The van der Waals surface area contributed by atoms with Crippen LogP contribution in [-0.2, 0) is 19.4 Å². The van der Waals surface area contributed by atoms with E-state index in [1.54, 1.807) is 0 Å². The van der Waals surface area contributed by atoms with Gasteiger partial charge in [-0.05, 0) is 0 Å². The van der Waals surface area contributed by atoms with Gasteiger partial charge in [0.05, 0.1) is 0 Å². The molecule has 0 aliphatic heterocycles. The number of amides is 1. The Hall–Kier alpha value is -0.620. The summed E-state index contributed by atoms with van der Waals surface area (Å²) in [7, 11) is -2.40. The van der Waals surface area contributed by atoms with Crippen molar-refractivity contribution >= 4 is 15.7 Å². The average Bonchev–Trinajstić information content (AvgIpc) is 1.60. The van der Waals surface area contributed by atoms with E-state index in [0.29, 0.717) is 0 Å². The van der Waals surface area contributed by atoms with E-state index < -0.39 is 21.2 Å². The molecule has 0 fully saturated rings. The fourth-order valence-electron chi connectivity index (χ4n) is 0.502. The van der Waals surface area contributed by atoms with Crippen LogP contribution < -0.4 is 5.73 Å². The predicted molar refractivity (Wildman–Crippen MR) is 34.8 cm³/mol. The number of primary amides is 1. The van der Waals surface area contributed by atoms with Crippen molar-refractivity contribution < 1.29 is 17.9 Å². The molecule has 6 heteroatoms. The van der Waals surface area contributed by atoms with E-state index in [9.17, 15) is 13.2 Å². The Labute approximate surface area is 59.1 Å². The summed E-state index contributed by atoms with van der Waals surface area (Å²) < 4.78 is 25.5. The second-order valence-electron chi connectivity index (χ2n) is 1.80. The van der Waals surface area contributed by atoms with Crippen LogP contribution >= 0.6 is 0 Å². The molecule has 1 amide bonds. The number of ether oxygens (including phenoxy) is 1. The first-order chi connectivity index (χ1) is 4.39. The molecule has 60 valence electrons. The SMILES string of the molecule is COC(C(N)=O)S(C)(=O)=O. The molecule has 0 radical (unpaired) electrons. The van der Waals surface area contributed by atoms with Crippen LogP contribution in [0.5, 0.6) is 0 Å². The van der Waals surface area contributed by atoms with E-state index in [-0.39, 0.29) is 0 Å². The van der Waals surface area contributed by atoms with Crippen LogP contribution in [0.15, 0.2) is 0 Å². The Bertz CT molecular complexity index is 219. The van der Waals surface area contributed by atoms with Gasteiger partial charge in [-0.25, -0.2) is 8.42 Å². The zero-order chi connectivity index (χ0) is 8.36. The number of carbonyl (C=O) groups is 1. The summed E-state index contributed by atoms with van der Waals surface area (Å²) in [5, 5.41) is 0. The Balaban J connectivity index is 4.55. The number of nitrogens with two attached hydrogens (primary N) is 1. The molecule has 0 aliphatic rings. The van der Waals surface area contributed by atoms with Crippen molar-refractivity contribution in [3.63, 3.8) is 0 Å². The van der Waals surface area contributed by atoms with Crippen LogP contribution in [0.4, 0.5) is 0 Å². The third-order valence-electron chi connectivity index (χ3n) is 0.835. The predicted octanol–water partition coefficient (Wildman–Crippen LogP) is -1.51. The van der Waals surface area contributed by atoms with Crippen molar-refractivity contribution in [2.75, 3.05) is 13.4 Å². The maximum Gasteiger partial charge on any atom is 0.262 e. The van der Waals surface area contributed by atoms with Crippen molar-refractivity contribution in [2.24, 2.45) is 5.73 Å². The van der Waals surface area contributed by atoms with Crippen molar-refractivity contribution in [1.82, 2.24) is 0 Å². The van der Waals surface area contributed by atoms with Crippen molar-refractivity contribution in [1.29, 1.82) is 0 Å². The first-order valence-electron chi connectivity index (χ1n) is 2.40. The molecule has 0 saturated heterocycles. The zero-order valence-electron chi connectivity index (χ0n) is 5.70. The minimum absolute atomic E-state index is 0.881. The molecular formula is C4H9NO4S. The van der Waals surface area contributed by atoms with Crippen LogP contribution in [0, 0.1) is 0 Å². The lowest BCUT2D eigenvalue weighted by Gasteiger charge is -2.07. The van der Waals surface area contributed by atoms with Crippen molar-refractivity contribution in [2.45, 2.75) is 5.44 Å². The van der Waals surface area contributed by atoms with Crippen molar-refractivity contribution in [3.8, 4) is 0 Å². The highest BCUT2D eigenvalue weighted by atomic mass is 32.2. The molecule has 0 aromatic heterocycles. The van der Waals surface area contributed by atoms with Gasteiger partial charge in [0.25, 0.3) is 5.91 Å². The van der Waals surface area contributed by atoms with Gasteiger partial charge in [-0.3, -0.25) is 4.79 Å². The topological polar surface area (TPSA) is 86.5 Å². The smallest absolute Gasteiger partial charge is 0.262 e. The Kier molecular flexibility index (Phi) is 2.79. The van der Waals surface area contributed by atoms with Crippen LogP contribution in [0.2, 0.25) is 0 Å². The van der Waals surface area contributed by atoms with Crippen LogP contribution in [0.25, 0.3) is 0 Å². The minimum Gasteiger partial charge on any atom is -0.366 e. The standard InChI is InChI=1S/C4H9NO4S/c1-9-4(3(5)6)10(2,7)8/h4H,1-2H3,(H2,5,6). The molecule has 5 nitrogen and oxygen atoms in total. The minimum atomic E-state index is -3.51. The summed E-state index contributed by atoms with van der Waals surface area (Å²) in [4.78, 5) is 10.3. The van der Waals surface area contributed by atoms with Gasteiger partial charge < -0.3 is 10.5 Å². The van der Waals surface area contributed by atoms with E-state index in [1.165, 1.54) is 0 Å². The molecule has 0 heterocycles. The lowest BCUT2D eigenvalue weighted by Crippen LogP contribution is -2.36. The Morgan fingerprint density at radius 1 is 1.60 bits per heavy atom. The molecule has 0 saturated carbocycles. The van der Waals surface area contributed by atoms with E-state index in [0.717, 1.165) is 13.4 Å². The first kappa shape index (κ1) is 9.38. The van der Waals surface area contributed by atoms with Gasteiger partial charge in [-0.1, -0.05) is 0 Å². The highest BCUT2D eigenvalue weighted by Crippen LogP contribution is 1.97. The number of rotatable bonds is 3. The van der Waals surface area contributed by atoms with E-state index in [4.69, 9.17) is 5.73 Å². The lowest BCUT2D eigenvalue weighted by atomic mass is 10.7. The second-order valence-corrected chi connectivity index (χ2v) is 3.89. The van der Waals surface area contributed by atoms with Gasteiger partial charge >= 0.3 is 0 Å². The zero-order valence-corrected chi connectivity index (χ0v) is 6.51. The fourth-order valence-corrected chi connectivity index (χ4v) is 1.27. The normalized spacial score (nSPS) is 14.6. The summed E-state index contributed by atoms with van der Waals surface area (Å²) in [6.07, 6.45) is 0.881. The molecule has 0 aromatic carbocycles. The number of sulfone groups is 1. The maximum absolute atomic E-state index is 10.6. The molecule has 0 aliphatic carbocycles. The maximum atomic E-state index is 10.6. The fraction of sp³-hybridized carbons (Fsp3) is 0.750. The summed E-state index contributed by atoms with van der Waals surface area (Å²) in [6.45, 7) is 0. The third kappa shape index (κ3) is 2.32. The number of hydrogen-bond donors (Lipinski definition) is 1. The molecule has 2 N–H and O–H groups in total. The highest BCUT2D eigenvalue weighted by molar-refractivity contribution is 7.91. The van der Waals surface area contributed by atoms with Gasteiger partial charge in [0.1, 0.15) is 0 Å². The Morgan fingerprint density at radius 3 is 2.00 bits per heavy atom. The number of methoxy groups -OCH3 is 1. The lowest BCUT2D eigenvalue weighted by molar-refractivity contribution is -0.123. The van der Waals surface area contributed by atoms with Crippen molar-refractivity contribution in [3.05, 3.63) is 0 Å². The largest absolute Gasteiger partial charge is 0.366 e. The second kappa shape index (κ2) is 2.98. The van der Waals surface area contributed by atoms with Gasteiger partial charge in [-0.15, -0.1) is 0 Å². The monoisotopic (exact) mass is 167 g/mol. The summed E-state index contributed by atoms with van der Waals surface area (Å²) in [5.41, 5.74) is 3.17. The summed E-state index contributed by atoms with van der Waals surface area (Å²) in [6, 6.07) is 0. The Morgan fingerprint density at radius 2 is 2.00 bits per heavy atom. The van der Waals surface area contributed by atoms with Gasteiger partial charge in [0, 0.05) is 13.4 Å². The van der Waals surface area contributed by atoms with Gasteiger partial charge in [0.2, 0.25) is 5.44 Å². The van der Waals surface area contributed by atoms with Gasteiger partial charge in [-0.2, -0.15) is 0 Å². The first-order valence-corrected chi connectivity index (χ1v) is 4.36. The number of hydrogen-bond acceptors (Lipinski definition) is 4. The molecule has 0 spiro atoms. The summed E-state index contributed by atoms with van der Waals surface area (Å²) >= 11 is 0. The molecule has 0 bridgehead atoms. The van der Waals surface area contributed by atoms with E-state index in [1.807, 2.05) is 0 Å². The number of carbonyl (C=O) groups excluding carboxylic acids is 1. The van der Waals surface area contributed by atoms with Crippen LogP contribution in [-0.4, -0.2) is 33.1 Å². The highest BCUT2D eigenvalue weighted by Gasteiger charge is 2.25. The van der Waals surface area contributed by atoms with E-state index >= 15 is 0 Å². The molecule has 0 aromatic rings. The molecule has 0 rings (SSSR count). The quantitative estimate of drug-likeness (QED) is 0.553. The van der Waals surface area contributed by atoms with Crippen LogP contribution in [0.1, 0.15) is 0 Å². The third-order valence-corrected chi connectivity index (χ3v) is 2.04. The van der Waals surface area contributed by atoms with Gasteiger partial charge in [0.15, 0.2) is 9.84 Å². The molecule has 1 unspecified atom stereocenters. The van der Waals surface area contributed by atoms with E-state index in [2.05, 4.69) is 4.74 Å². The average molecular weight is 167 g/mol.